The van der Waals surface area contributed by atoms with E-state index in [0.717, 1.165) is 30.4 Å². The molecule has 0 spiro atoms. The first-order valence-corrected chi connectivity index (χ1v) is 7.00. The van der Waals surface area contributed by atoms with Crippen LogP contribution in [-0.2, 0) is 0 Å². The summed E-state index contributed by atoms with van der Waals surface area (Å²) in [5, 5.41) is 0. The summed E-state index contributed by atoms with van der Waals surface area (Å²) < 4.78 is 5.96. The molecule has 1 saturated heterocycles. The van der Waals surface area contributed by atoms with Crippen molar-refractivity contribution in [1.29, 1.82) is 0 Å². The number of hydrogen-bond donors (Lipinski definition) is 0. The maximum absolute atomic E-state index is 12.5. The van der Waals surface area contributed by atoms with E-state index in [0.29, 0.717) is 11.4 Å². The summed E-state index contributed by atoms with van der Waals surface area (Å²) in [6.45, 7) is 1.66. The van der Waals surface area contributed by atoms with Crippen molar-refractivity contribution < 1.29 is 9.53 Å². The number of aromatic nitrogens is 1. The summed E-state index contributed by atoms with van der Waals surface area (Å²) in [7, 11) is 1.54. The third kappa shape index (κ3) is 3.02. The average molecular weight is 313 g/mol. The van der Waals surface area contributed by atoms with Crippen LogP contribution in [0.1, 0.15) is 36.0 Å². The lowest BCUT2D eigenvalue weighted by molar-refractivity contribution is 0.0757. The summed E-state index contributed by atoms with van der Waals surface area (Å²) in [5.41, 5.74) is 0.536. The average Bonchev–Trinajstić information content (AvgIpc) is 2.66. The van der Waals surface area contributed by atoms with Crippen molar-refractivity contribution in [2.75, 3.05) is 20.2 Å². The fourth-order valence-electron chi connectivity index (χ4n) is 2.19. The second kappa shape index (κ2) is 6.18. The second-order valence-electron chi connectivity index (χ2n) is 4.42. The number of halogens is 1. The smallest absolute Gasteiger partial charge is 0.259 e. The quantitative estimate of drug-likeness (QED) is 0.843. The number of amides is 1. The molecule has 2 rings (SSSR count). The van der Waals surface area contributed by atoms with Gasteiger partial charge in [-0.1, -0.05) is 12.8 Å². The minimum Gasteiger partial charge on any atom is -0.480 e. The van der Waals surface area contributed by atoms with Crippen LogP contribution in [0.5, 0.6) is 5.88 Å². The summed E-state index contributed by atoms with van der Waals surface area (Å²) in [6, 6.07) is 1.78. The summed E-state index contributed by atoms with van der Waals surface area (Å²) in [4.78, 5) is 18.5. The molecule has 0 aliphatic carbocycles. The predicted octanol–water partition coefficient (Wildman–Crippen LogP) is 2.87. The van der Waals surface area contributed by atoms with E-state index in [2.05, 4.69) is 20.9 Å². The van der Waals surface area contributed by atoms with Crippen molar-refractivity contribution >= 4 is 21.8 Å². The Bertz CT molecular complexity index is 429. The number of nitrogens with zero attached hydrogens (tertiary/aromatic N) is 2. The van der Waals surface area contributed by atoms with Gasteiger partial charge in [0.15, 0.2) is 0 Å². The molecule has 0 unspecified atom stereocenters. The molecule has 5 heteroatoms. The van der Waals surface area contributed by atoms with E-state index >= 15 is 0 Å². The number of pyridine rings is 1. The second-order valence-corrected chi connectivity index (χ2v) is 5.33. The Balaban J connectivity index is 2.23. The number of carbonyl (C=O) groups excluding carboxylic acids is 1. The molecular weight excluding hydrogens is 296 g/mol. The Morgan fingerprint density at radius 1 is 1.33 bits per heavy atom. The molecule has 4 nitrogen and oxygen atoms in total. The van der Waals surface area contributed by atoms with Crippen LogP contribution in [0.2, 0.25) is 0 Å². The van der Waals surface area contributed by atoms with Gasteiger partial charge in [0.05, 0.1) is 7.11 Å². The van der Waals surface area contributed by atoms with E-state index in [1.165, 1.54) is 20.0 Å². The van der Waals surface area contributed by atoms with E-state index in [4.69, 9.17) is 4.74 Å². The van der Waals surface area contributed by atoms with Crippen molar-refractivity contribution in [3.05, 3.63) is 22.3 Å². The Labute approximate surface area is 115 Å². The molecule has 0 N–H and O–H groups in total. The summed E-state index contributed by atoms with van der Waals surface area (Å²) in [6.07, 6.45) is 6.21. The summed E-state index contributed by atoms with van der Waals surface area (Å²) in [5.74, 6) is 0.412. The third-order valence-electron chi connectivity index (χ3n) is 3.13. The molecular formula is C13H17BrN2O2. The van der Waals surface area contributed by atoms with Gasteiger partial charge in [0.2, 0.25) is 5.88 Å². The van der Waals surface area contributed by atoms with Gasteiger partial charge in [-0.3, -0.25) is 4.79 Å². The van der Waals surface area contributed by atoms with Crippen molar-refractivity contribution in [3.63, 3.8) is 0 Å². The van der Waals surface area contributed by atoms with Crippen LogP contribution < -0.4 is 4.74 Å². The number of likely N-dealkylation sites (tertiary alicyclic amines) is 1. The van der Waals surface area contributed by atoms with Crippen molar-refractivity contribution in [1.82, 2.24) is 9.88 Å². The summed E-state index contributed by atoms with van der Waals surface area (Å²) >= 11 is 3.34. The Kier molecular flexibility index (Phi) is 4.58. The largest absolute Gasteiger partial charge is 0.480 e. The first kappa shape index (κ1) is 13.3. The van der Waals surface area contributed by atoms with Crippen molar-refractivity contribution in [2.45, 2.75) is 25.7 Å². The maximum Gasteiger partial charge on any atom is 0.259 e. The van der Waals surface area contributed by atoms with Gasteiger partial charge in [-0.25, -0.2) is 4.98 Å². The highest BCUT2D eigenvalue weighted by Gasteiger charge is 2.21. The highest BCUT2D eigenvalue weighted by atomic mass is 79.9. The first-order valence-electron chi connectivity index (χ1n) is 6.21. The number of ether oxygens (including phenoxy) is 1. The lowest BCUT2D eigenvalue weighted by Gasteiger charge is -2.21. The first-order chi connectivity index (χ1) is 8.72. The molecule has 1 aromatic heterocycles. The van der Waals surface area contributed by atoms with Crippen LogP contribution in [-0.4, -0.2) is 36.0 Å². The lowest BCUT2D eigenvalue weighted by atomic mass is 10.2. The molecule has 18 heavy (non-hydrogen) atoms. The fraction of sp³-hybridized carbons (Fsp3) is 0.538. The molecule has 0 aromatic carbocycles. The maximum atomic E-state index is 12.5. The Morgan fingerprint density at radius 2 is 2.00 bits per heavy atom. The molecule has 98 valence electrons. The van der Waals surface area contributed by atoms with E-state index in [1.54, 1.807) is 12.3 Å². The highest BCUT2D eigenvalue weighted by molar-refractivity contribution is 9.10. The molecule has 1 aliphatic rings. The van der Waals surface area contributed by atoms with Gasteiger partial charge in [0, 0.05) is 23.8 Å². The van der Waals surface area contributed by atoms with Gasteiger partial charge in [0.25, 0.3) is 5.91 Å². The third-order valence-corrected chi connectivity index (χ3v) is 3.57. The number of rotatable bonds is 2. The predicted molar refractivity (Wildman–Crippen MR) is 72.9 cm³/mol. The standard InChI is InChI=1S/C13H17BrN2O2/c1-18-12-11(8-10(14)9-15-12)13(17)16-6-4-2-3-5-7-16/h8-9H,2-7H2,1H3. The van der Waals surface area contributed by atoms with Crippen LogP contribution >= 0.6 is 15.9 Å². The minimum absolute atomic E-state index is 0.0163. The normalized spacial score (nSPS) is 16.2. The monoisotopic (exact) mass is 312 g/mol. The number of carbonyl (C=O) groups is 1. The van der Waals surface area contributed by atoms with Crippen molar-refractivity contribution in [2.24, 2.45) is 0 Å². The van der Waals surface area contributed by atoms with Gasteiger partial charge in [0.1, 0.15) is 5.56 Å². The topological polar surface area (TPSA) is 42.4 Å². The van der Waals surface area contributed by atoms with E-state index < -0.39 is 0 Å². The van der Waals surface area contributed by atoms with Gasteiger partial charge in [-0.15, -0.1) is 0 Å². The van der Waals surface area contributed by atoms with Gasteiger partial charge in [-0.2, -0.15) is 0 Å². The van der Waals surface area contributed by atoms with Gasteiger partial charge < -0.3 is 9.64 Å². The zero-order chi connectivity index (χ0) is 13.0. The van der Waals surface area contributed by atoms with Crippen LogP contribution in [0.4, 0.5) is 0 Å². The fourth-order valence-corrected chi connectivity index (χ4v) is 2.52. The van der Waals surface area contributed by atoms with Crippen LogP contribution in [0.25, 0.3) is 0 Å². The van der Waals surface area contributed by atoms with E-state index in [9.17, 15) is 4.79 Å². The van der Waals surface area contributed by atoms with E-state index in [1.807, 2.05) is 4.90 Å². The Hall–Kier alpha value is -1.10. The molecule has 1 aromatic rings. The van der Waals surface area contributed by atoms with Crippen LogP contribution in [0.3, 0.4) is 0 Å². The molecule has 1 amide bonds. The number of methoxy groups -OCH3 is 1. The number of hydrogen-bond acceptors (Lipinski definition) is 3. The molecule has 0 bridgehead atoms. The van der Waals surface area contributed by atoms with Crippen LogP contribution in [0, 0.1) is 0 Å². The molecule has 1 aliphatic heterocycles. The molecule has 2 heterocycles. The van der Waals surface area contributed by atoms with Gasteiger partial charge in [-0.05, 0) is 34.8 Å². The zero-order valence-corrected chi connectivity index (χ0v) is 12.1. The SMILES string of the molecule is COc1ncc(Br)cc1C(=O)N1CCCCCC1. The Morgan fingerprint density at radius 3 is 2.61 bits per heavy atom. The molecule has 0 radical (unpaired) electrons. The lowest BCUT2D eigenvalue weighted by Crippen LogP contribution is -2.32. The zero-order valence-electron chi connectivity index (χ0n) is 10.5. The highest BCUT2D eigenvalue weighted by Crippen LogP contribution is 2.22. The van der Waals surface area contributed by atoms with Crippen LogP contribution in [0.15, 0.2) is 16.7 Å². The van der Waals surface area contributed by atoms with E-state index in [-0.39, 0.29) is 5.91 Å². The van der Waals surface area contributed by atoms with Crippen molar-refractivity contribution in [3.8, 4) is 5.88 Å². The molecule has 0 atom stereocenters. The minimum atomic E-state index is 0.0163. The van der Waals surface area contributed by atoms with Gasteiger partial charge >= 0.3 is 0 Å². The molecule has 1 fully saturated rings. The molecule has 0 saturated carbocycles.